The second-order valence-electron chi connectivity index (χ2n) is 6.02. The van der Waals surface area contributed by atoms with Crippen LogP contribution < -0.4 is 0 Å². The van der Waals surface area contributed by atoms with Crippen molar-refractivity contribution in [3.05, 3.63) is 29.2 Å². The van der Waals surface area contributed by atoms with Crippen molar-refractivity contribution in [2.75, 3.05) is 6.54 Å². The molecule has 2 aromatic heterocycles. The van der Waals surface area contributed by atoms with Crippen molar-refractivity contribution in [3.63, 3.8) is 0 Å². The number of carbonyl (C=O) groups is 1. The van der Waals surface area contributed by atoms with Crippen LogP contribution in [-0.4, -0.2) is 37.7 Å². The molecule has 0 saturated carbocycles. The van der Waals surface area contributed by atoms with E-state index in [9.17, 15) is 4.79 Å². The Morgan fingerprint density at radius 2 is 2.35 bits per heavy atom. The maximum Gasteiger partial charge on any atom is 0.227 e. The van der Waals surface area contributed by atoms with Gasteiger partial charge in [0.05, 0.1) is 17.9 Å². The van der Waals surface area contributed by atoms with Crippen molar-refractivity contribution in [2.45, 2.75) is 58.4 Å². The predicted octanol–water partition coefficient (Wildman–Crippen LogP) is 2.35. The van der Waals surface area contributed by atoms with E-state index in [1.165, 1.54) is 0 Å². The first kappa shape index (κ1) is 15.7. The molecule has 0 radical (unpaired) electrons. The van der Waals surface area contributed by atoms with Crippen LogP contribution in [0.25, 0.3) is 0 Å². The molecular weight excluding hydrogens is 294 g/mol. The molecule has 1 aliphatic rings. The molecule has 0 aromatic carbocycles. The number of likely N-dealkylation sites (tertiary alicyclic amines) is 1. The van der Waals surface area contributed by atoms with Crippen molar-refractivity contribution in [2.24, 2.45) is 0 Å². The average molecular weight is 317 g/mol. The Labute approximate surface area is 135 Å². The molecular formula is C16H23N5O2. The molecule has 3 rings (SSSR count). The fraction of sp³-hybridized carbons (Fsp3) is 0.625. The quantitative estimate of drug-likeness (QED) is 0.914. The highest BCUT2D eigenvalue weighted by Crippen LogP contribution is 2.31. The lowest BCUT2D eigenvalue weighted by molar-refractivity contribution is -0.135. The third-order valence-corrected chi connectivity index (χ3v) is 4.40. The third kappa shape index (κ3) is 3.43. The summed E-state index contributed by atoms with van der Waals surface area (Å²) in [4.78, 5) is 18.9. The zero-order chi connectivity index (χ0) is 16.2. The molecule has 2 aromatic rings. The van der Waals surface area contributed by atoms with E-state index < -0.39 is 0 Å². The number of nitrogens with zero attached hydrogens (tertiary/aromatic N) is 4. The summed E-state index contributed by atoms with van der Waals surface area (Å²) in [7, 11) is 0. The smallest absolute Gasteiger partial charge is 0.227 e. The number of hydrogen-bond acceptors (Lipinski definition) is 5. The summed E-state index contributed by atoms with van der Waals surface area (Å²) in [5.41, 5.74) is 2.17. The van der Waals surface area contributed by atoms with Gasteiger partial charge in [-0.25, -0.2) is 0 Å². The number of nitrogens with one attached hydrogen (secondary N) is 1. The zero-order valence-electron chi connectivity index (χ0n) is 13.7. The first-order valence-electron chi connectivity index (χ1n) is 8.29. The van der Waals surface area contributed by atoms with E-state index in [1.807, 2.05) is 24.9 Å². The van der Waals surface area contributed by atoms with Gasteiger partial charge in [-0.3, -0.25) is 9.89 Å². The Bertz CT molecular complexity index is 663. The number of aromatic amines is 1. The van der Waals surface area contributed by atoms with E-state index >= 15 is 0 Å². The van der Waals surface area contributed by atoms with E-state index in [0.717, 1.165) is 43.5 Å². The maximum atomic E-state index is 12.7. The first-order valence-corrected chi connectivity index (χ1v) is 8.29. The van der Waals surface area contributed by atoms with Crippen LogP contribution in [0.4, 0.5) is 0 Å². The van der Waals surface area contributed by atoms with Crippen LogP contribution in [0.15, 0.2) is 10.7 Å². The molecule has 0 aliphatic carbocycles. The van der Waals surface area contributed by atoms with Crippen LogP contribution in [0.3, 0.4) is 0 Å². The summed E-state index contributed by atoms with van der Waals surface area (Å²) >= 11 is 0. The second kappa shape index (κ2) is 6.93. The second-order valence-corrected chi connectivity index (χ2v) is 6.02. The van der Waals surface area contributed by atoms with Crippen LogP contribution in [0.5, 0.6) is 0 Å². The fourth-order valence-corrected chi connectivity index (χ4v) is 3.12. The molecule has 1 atom stereocenters. The molecule has 1 saturated heterocycles. The lowest BCUT2D eigenvalue weighted by Gasteiger charge is -2.35. The van der Waals surface area contributed by atoms with Gasteiger partial charge in [-0.05, 0) is 31.7 Å². The van der Waals surface area contributed by atoms with Gasteiger partial charge in [0.2, 0.25) is 11.8 Å². The van der Waals surface area contributed by atoms with Gasteiger partial charge in [0.25, 0.3) is 0 Å². The van der Waals surface area contributed by atoms with Gasteiger partial charge in [-0.2, -0.15) is 10.1 Å². The van der Waals surface area contributed by atoms with Crippen molar-refractivity contribution in [3.8, 4) is 0 Å². The Kier molecular flexibility index (Phi) is 4.73. The fourth-order valence-electron chi connectivity index (χ4n) is 3.12. The van der Waals surface area contributed by atoms with E-state index in [0.29, 0.717) is 24.6 Å². The lowest BCUT2D eigenvalue weighted by atomic mass is 9.97. The van der Waals surface area contributed by atoms with Gasteiger partial charge in [-0.1, -0.05) is 12.1 Å². The molecule has 1 amide bonds. The van der Waals surface area contributed by atoms with Gasteiger partial charge >= 0.3 is 0 Å². The average Bonchev–Trinajstić information content (AvgIpc) is 3.21. The SMILES string of the molecule is CCc1noc(CCC(=O)N2CCCC[C@@H]2c2[nH]ncc2C)n1. The van der Waals surface area contributed by atoms with E-state index in [1.54, 1.807) is 0 Å². The predicted molar refractivity (Wildman–Crippen MR) is 83.6 cm³/mol. The minimum Gasteiger partial charge on any atom is -0.339 e. The highest BCUT2D eigenvalue weighted by atomic mass is 16.5. The number of piperidine rings is 1. The largest absolute Gasteiger partial charge is 0.339 e. The number of aryl methyl sites for hydroxylation is 3. The van der Waals surface area contributed by atoms with Crippen LogP contribution >= 0.6 is 0 Å². The number of rotatable bonds is 5. The summed E-state index contributed by atoms with van der Waals surface area (Å²) in [5, 5.41) is 11.0. The van der Waals surface area contributed by atoms with E-state index in [-0.39, 0.29) is 11.9 Å². The molecule has 7 heteroatoms. The van der Waals surface area contributed by atoms with Gasteiger partial charge in [0.1, 0.15) is 0 Å². The summed E-state index contributed by atoms with van der Waals surface area (Å²) in [5.74, 6) is 1.37. The number of aromatic nitrogens is 4. The summed E-state index contributed by atoms with van der Waals surface area (Å²) in [6.45, 7) is 4.80. The minimum absolute atomic E-state index is 0.104. The zero-order valence-corrected chi connectivity index (χ0v) is 13.7. The summed E-state index contributed by atoms with van der Waals surface area (Å²) in [6, 6.07) is 0.104. The summed E-state index contributed by atoms with van der Waals surface area (Å²) < 4.78 is 5.16. The van der Waals surface area contributed by atoms with Crippen molar-refractivity contribution in [1.82, 2.24) is 25.2 Å². The van der Waals surface area contributed by atoms with Crippen LogP contribution in [0, 0.1) is 6.92 Å². The molecule has 7 nitrogen and oxygen atoms in total. The van der Waals surface area contributed by atoms with Crippen LogP contribution in [0.2, 0.25) is 0 Å². The molecule has 3 heterocycles. The van der Waals surface area contributed by atoms with Crippen LogP contribution in [0.1, 0.15) is 61.6 Å². The Morgan fingerprint density at radius 1 is 1.48 bits per heavy atom. The third-order valence-electron chi connectivity index (χ3n) is 4.40. The highest BCUT2D eigenvalue weighted by molar-refractivity contribution is 5.77. The van der Waals surface area contributed by atoms with Crippen LogP contribution in [-0.2, 0) is 17.6 Å². The van der Waals surface area contributed by atoms with Gasteiger partial charge in [0, 0.05) is 25.8 Å². The molecule has 0 unspecified atom stereocenters. The topological polar surface area (TPSA) is 87.9 Å². The normalized spacial score (nSPS) is 18.3. The lowest BCUT2D eigenvalue weighted by Crippen LogP contribution is -2.39. The molecule has 124 valence electrons. The van der Waals surface area contributed by atoms with Crippen molar-refractivity contribution in [1.29, 1.82) is 0 Å². The Balaban J connectivity index is 1.65. The number of amides is 1. The maximum absolute atomic E-state index is 12.7. The van der Waals surface area contributed by atoms with Gasteiger partial charge < -0.3 is 9.42 Å². The minimum atomic E-state index is 0.104. The monoisotopic (exact) mass is 317 g/mol. The molecule has 1 N–H and O–H groups in total. The number of H-pyrrole nitrogens is 1. The molecule has 0 spiro atoms. The Hall–Kier alpha value is -2.18. The molecule has 1 fully saturated rings. The van der Waals surface area contributed by atoms with Gasteiger partial charge in [0.15, 0.2) is 5.82 Å². The highest BCUT2D eigenvalue weighted by Gasteiger charge is 2.29. The number of carbonyl (C=O) groups excluding carboxylic acids is 1. The molecule has 23 heavy (non-hydrogen) atoms. The van der Waals surface area contributed by atoms with Crippen molar-refractivity contribution >= 4 is 5.91 Å². The standard InChI is InChI=1S/C16H23N5O2/c1-3-13-18-14(23-20-13)7-8-15(22)21-9-5-4-6-12(21)16-11(2)10-17-19-16/h10,12H,3-9H2,1-2H3,(H,17,19)/t12-/m1/s1. The van der Waals surface area contributed by atoms with E-state index in [4.69, 9.17) is 4.52 Å². The molecule has 0 bridgehead atoms. The molecule has 1 aliphatic heterocycles. The first-order chi connectivity index (χ1) is 11.2. The van der Waals surface area contributed by atoms with Crippen molar-refractivity contribution < 1.29 is 9.32 Å². The summed E-state index contributed by atoms with van der Waals surface area (Å²) in [6.07, 6.45) is 6.62. The Morgan fingerprint density at radius 3 is 3.04 bits per heavy atom. The van der Waals surface area contributed by atoms with Gasteiger partial charge in [-0.15, -0.1) is 0 Å². The van der Waals surface area contributed by atoms with E-state index in [2.05, 4.69) is 20.3 Å². The number of hydrogen-bond donors (Lipinski definition) is 1.